The number of alkyl carbamates (subject to hydrolysis) is 1. The van der Waals surface area contributed by atoms with E-state index in [1.54, 1.807) is 59.8 Å². The molecule has 52 heavy (non-hydrogen) atoms. The third-order valence-electron chi connectivity index (χ3n) is 9.08. The number of thiazole rings is 1. The van der Waals surface area contributed by atoms with Crippen LogP contribution in [0.25, 0.3) is 21.6 Å². The van der Waals surface area contributed by atoms with Gasteiger partial charge in [0, 0.05) is 23.4 Å². The zero-order valence-corrected chi connectivity index (χ0v) is 33.0. The van der Waals surface area contributed by atoms with Gasteiger partial charge in [0.15, 0.2) is 5.54 Å². The molecule has 1 fully saturated rings. The number of fused-ring (bicyclic) bond motifs is 1. The molecule has 3 amide bonds. The van der Waals surface area contributed by atoms with Crippen molar-refractivity contribution in [3.63, 3.8) is 0 Å². The highest BCUT2D eigenvalue weighted by Crippen LogP contribution is 2.37. The lowest BCUT2D eigenvalue weighted by Crippen LogP contribution is -2.61. The first-order chi connectivity index (χ1) is 24.1. The van der Waals surface area contributed by atoms with Gasteiger partial charge in [-0.25, -0.2) is 14.6 Å². The van der Waals surface area contributed by atoms with Crippen LogP contribution in [0.4, 0.5) is 4.79 Å². The summed E-state index contributed by atoms with van der Waals surface area (Å²) in [6.45, 7) is 24.0. The Morgan fingerprint density at radius 1 is 1.10 bits per heavy atom. The van der Waals surface area contributed by atoms with Crippen LogP contribution < -0.4 is 15.4 Å². The van der Waals surface area contributed by atoms with E-state index in [9.17, 15) is 24.3 Å². The van der Waals surface area contributed by atoms with Gasteiger partial charge in [0.2, 0.25) is 11.8 Å². The summed E-state index contributed by atoms with van der Waals surface area (Å²) in [5.41, 5.74) is 0.0666. The van der Waals surface area contributed by atoms with Gasteiger partial charge in [-0.2, -0.15) is 4.98 Å². The summed E-state index contributed by atoms with van der Waals surface area (Å²) in [5, 5.41) is 18.3. The second-order valence-corrected chi connectivity index (χ2v) is 16.9. The van der Waals surface area contributed by atoms with E-state index in [-0.39, 0.29) is 31.3 Å². The van der Waals surface area contributed by atoms with Gasteiger partial charge in [0.1, 0.15) is 34.3 Å². The van der Waals surface area contributed by atoms with Gasteiger partial charge in [0.05, 0.1) is 17.8 Å². The fourth-order valence-corrected chi connectivity index (χ4v) is 7.18. The molecular formula is C38H54N6O7S. The molecule has 3 heterocycles. The first-order valence-electron chi connectivity index (χ1n) is 17.7. The molecule has 1 aliphatic rings. The first-order valence-corrected chi connectivity index (χ1v) is 18.6. The zero-order chi connectivity index (χ0) is 38.9. The summed E-state index contributed by atoms with van der Waals surface area (Å²) in [6, 6.07) is 3.94. The van der Waals surface area contributed by atoms with Crippen molar-refractivity contribution in [1.29, 1.82) is 0 Å². The van der Waals surface area contributed by atoms with Crippen LogP contribution in [0.1, 0.15) is 107 Å². The molecule has 0 saturated carbocycles. The van der Waals surface area contributed by atoms with Crippen molar-refractivity contribution in [2.45, 2.75) is 130 Å². The Morgan fingerprint density at radius 2 is 1.77 bits per heavy atom. The molecule has 13 nitrogen and oxygen atoms in total. The minimum absolute atomic E-state index is 0.0293. The van der Waals surface area contributed by atoms with E-state index < -0.39 is 58.6 Å². The fraction of sp³-hybridized carbons (Fsp3) is 0.579. The minimum Gasteiger partial charge on any atom is -0.479 e. The van der Waals surface area contributed by atoms with Crippen LogP contribution in [0.2, 0.25) is 0 Å². The Kier molecular flexibility index (Phi) is 11.8. The van der Waals surface area contributed by atoms with E-state index in [4.69, 9.17) is 19.4 Å². The Bertz CT molecular complexity index is 1820. The topological polar surface area (TPSA) is 165 Å². The molecular weight excluding hydrogens is 685 g/mol. The summed E-state index contributed by atoms with van der Waals surface area (Å²) >= 11 is 1.55. The summed E-state index contributed by atoms with van der Waals surface area (Å²) in [4.78, 5) is 64.9. The third-order valence-corrected chi connectivity index (χ3v) is 9.97. The quantitative estimate of drug-likeness (QED) is 0.172. The maximum Gasteiger partial charge on any atom is 0.408 e. The van der Waals surface area contributed by atoms with E-state index in [2.05, 4.69) is 36.4 Å². The molecule has 284 valence electrons. The number of ether oxygens (including phenoxy) is 2. The second-order valence-electron chi connectivity index (χ2n) is 16.0. The molecule has 1 aliphatic heterocycles. The smallest absolute Gasteiger partial charge is 0.408 e. The standard InChI is InChI=1S/C38H54N6O7S/c1-13-38(14-2,33(47)48)42-30(45)27-18-23(19-43(27)32(46)29(36(7,8)9)41-35(49)51-37(10,11)12)50-34-40-28-24(31-39-25(20-52-31)21(3)4)16-15-17-26(28)44(34)22(5)6/h13,15-17,20-23,27,29H,1,14,18-19H2,2-12H3,(H,41,49)(H,42,45)(H,47,48)/t23-,27+,29-,38+/m1/s1. The van der Waals surface area contributed by atoms with E-state index in [1.807, 2.05) is 36.6 Å². The number of carbonyl (C=O) groups is 4. The number of para-hydroxylation sites is 1. The van der Waals surface area contributed by atoms with Crippen molar-refractivity contribution >= 4 is 46.2 Å². The van der Waals surface area contributed by atoms with Crippen LogP contribution in [0.3, 0.4) is 0 Å². The summed E-state index contributed by atoms with van der Waals surface area (Å²) < 4.78 is 14.1. The molecule has 1 saturated heterocycles. The molecule has 0 unspecified atom stereocenters. The number of aliphatic carboxylic acids is 1. The largest absolute Gasteiger partial charge is 0.479 e. The highest BCUT2D eigenvalue weighted by Gasteiger charge is 2.48. The van der Waals surface area contributed by atoms with E-state index in [1.165, 1.54) is 11.0 Å². The molecule has 4 atom stereocenters. The predicted octanol–water partition coefficient (Wildman–Crippen LogP) is 6.69. The van der Waals surface area contributed by atoms with Crippen LogP contribution in [-0.2, 0) is 19.1 Å². The van der Waals surface area contributed by atoms with Gasteiger partial charge in [-0.1, -0.05) is 53.7 Å². The number of carboxylic acids is 1. The highest BCUT2D eigenvalue weighted by molar-refractivity contribution is 7.13. The number of benzene rings is 1. The molecule has 14 heteroatoms. The molecule has 0 aliphatic carbocycles. The number of carbonyl (C=O) groups excluding carboxylic acids is 3. The van der Waals surface area contributed by atoms with Crippen LogP contribution in [-0.4, -0.2) is 84.3 Å². The number of hydrogen-bond donors (Lipinski definition) is 3. The molecule has 4 rings (SSSR count). The van der Waals surface area contributed by atoms with Crippen molar-refractivity contribution < 1.29 is 33.8 Å². The third kappa shape index (κ3) is 8.59. The zero-order valence-electron chi connectivity index (χ0n) is 32.2. The highest BCUT2D eigenvalue weighted by atomic mass is 32.1. The van der Waals surface area contributed by atoms with Crippen molar-refractivity contribution in [3.05, 3.63) is 41.9 Å². The molecule has 0 radical (unpaired) electrons. The summed E-state index contributed by atoms with van der Waals surface area (Å²) in [5.74, 6) is -2.22. The van der Waals surface area contributed by atoms with E-state index >= 15 is 0 Å². The molecule has 2 aromatic heterocycles. The molecule has 1 aromatic carbocycles. The van der Waals surface area contributed by atoms with E-state index in [0.29, 0.717) is 11.5 Å². The first kappa shape index (κ1) is 40.3. The lowest BCUT2D eigenvalue weighted by atomic mass is 9.85. The number of nitrogens with one attached hydrogen (secondary N) is 2. The van der Waals surface area contributed by atoms with Gasteiger partial charge >= 0.3 is 12.1 Å². The number of hydrogen-bond acceptors (Lipinski definition) is 9. The van der Waals surface area contributed by atoms with Crippen LogP contribution in [0.5, 0.6) is 6.01 Å². The number of likely N-dealkylation sites (tertiary alicyclic amines) is 1. The van der Waals surface area contributed by atoms with Gasteiger partial charge < -0.3 is 30.1 Å². The monoisotopic (exact) mass is 738 g/mol. The van der Waals surface area contributed by atoms with Gasteiger partial charge in [-0.05, 0) is 64.5 Å². The predicted molar refractivity (Wildman–Crippen MR) is 201 cm³/mol. The van der Waals surface area contributed by atoms with Gasteiger partial charge in [-0.15, -0.1) is 17.9 Å². The SMILES string of the molecule is C=C[C@@](CC)(NC(=O)[C@@H]1C[C@@H](Oc2nc3c(-c4nc(C(C)C)cs4)cccc3n2C(C)C)CN1C(=O)[C@@H](NC(=O)OC(C)(C)C)C(C)(C)C)C(=O)O. The van der Waals surface area contributed by atoms with Crippen molar-refractivity contribution in [2.75, 3.05) is 6.54 Å². The van der Waals surface area contributed by atoms with Crippen LogP contribution in [0, 0.1) is 5.41 Å². The number of aromatic nitrogens is 3. The van der Waals surface area contributed by atoms with Crippen molar-refractivity contribution in [3.8, 4) is 16.6 Å². The maximum atomic E-state index is 14.5. The van der Waals surface area contributed by atoms with Crippen LogP contribution in [0.15, 0.2) is 36.2 Å². The van der Waals surface area contributed by atoms with Crippen molar-refractivity contribution in [1.82, 2.24) is 30.1 Å². The Morgan fingerprint density at radius 3 is 2.29 bits per heavy atom. The minimum atomic E-state index is -1.75. The molecule has 0 bridgehead atoms. The Balaban J connectivity index is 1.75. The number of nitrogens with zero attached hydrogens (tertiary/aromatic N) is 4. The van der Waals surface area contributed by atoms with Crippen LogP contribution >= 0.6 is 11.3 Å². The number of rotatable bonds is 12. The lowest BCUT2D eigenvalue weighted by Gasteiger charge is -2.36. The average molecular weight is 739 g/mol. The van der Waals surface area contributed by atoms with E-state index in [0.717, 1.165) is 21.8 Å². The average Bonchev–Trinajstić information content (AvgIpc) is 3.78. The fourth-order valence-electron chi connectivity index (χ4n) is 6.17. The number of imidazole rings is 1. The maximum absolute atomic E-state index is 14.5. The Hall–Kier alpha value is -4.46. The molecule has 3 aromatic rings. The van der Waals surface area contributed by atoms with Gasteiger partial charge in [-0.3, -0.25) is 14.2 Å². The Labute approximate surface area is 310 Å². The number of amides is 3. The van der Waals surface area contributed by atoms with Crippen molar-refractivity contribution in [2.24, 2.45) is 5.41 Å². The molecule has 0 spiro atoms. The lowest BCUT2D eigenvalue weighted by molar-refractivity contribution is -0.147. The second kappa shape index (κ2) is 15.3. The summed E-state index contributed by atoms with van der Waals surface area (Å²) in [6.07, 6.45) is -0.244. The normalized spacial score (nSPS) is 18.3. The number of carboxylic acid groups (broad SMARTS) is 1. The van der Waals surface area contributed by atoms with Gasteiger partial charge in [0.25, 0.3) is 6.01 Å². The summed E-state index contributed by atoms with van der Waals surface area (Å²) in [7, 11) is 0. The molecule has 3 N–H and O–H groups in total.